The molecule has 0 spiro atoms. The Labute approximate surface area is 236 Å². The van der Waals surface area contributed by atoms with Crippen molar-refractivity contribution in [3.05, 3.63) is 156 Å². The van der Waals surface area contributed by atoms with Gasteiger partial charge in [-0.3, -0.25) is 0 Å². The predicted molar refractivity (Wildman–Crippen MR) is 159 cm³/mol. The maximum absolute atomic E-state index is 5.83. The molecule has 0 bridgehead atoms. The molecule has 2 heterocycles. The number of nitrogens with one attached hydrogen (secondary N) is 1. The van der Waals surface area contributed by atoms with Crippen LogP contribution in [0.25, 0.3) is 0 Å². The zero-order valence-corrected chi connectivity index (χ0v) is 22.9. The molecule has 202 valence electrons. The summed E-state index contributed by atoms with van der Waals surface area (Å²) in [5, 5.41) is 3.56. The van der Waals surface area contributed by atoms with Crippen LogP contribution in [0.15, 0.2) is 128 Å². The second-order valence-corrected chi connectivity index (χ2v) is 10.3. The van der Waals surface area contributed by atoms with Gasteiger partial charge in [-0.2, -0.15) is 0 Å². The third-order valence-electron chi connectivity index (χ3n) is 7.76. The lowest BCUT2D eigenvalue weighted by Gasteiger charge is -2.37. The number of aryl methyl sites for hydroxylation is 1. The van der Waals surface area contributed by atoms with Gasteiger partial charge in [0.25, 0.3) is 0 Å². The third-order valence-corrected chi connectivity index (χ3v) is 7.76. The monoisotopic (exact) mass is 529 g/mol. The van der Waals surface area contributed by atoms with Gasteiger partial charge in [0.1, 0.15) is 5.54 Å². The van der Waals surface area contributed by atoms with Crippen molar-refractivity contribution in [2.75, 3.05) is 25.1 Å². The Kier molecular flexibility index (Phi) is 7.49. The Hall–Kier alpha value is -4.19. The summed E-state index contributed by atoms with van der Waals surface area (Å²) >= 11 is 0. The van der Waals surface area contributed by atoms with Crippen molar-refractivity contribution in [1.82, 2.24) is 9.55 Å². The van der Waals surface area contributed by atoms with Crippen molar-refractivity contribution in [2.45, 2.75) is 31.1 Å². The summed E-state index contributed by atoms with van der Waals surface area (Å²) in [6, 6.07) is 40.4. The Morgan fingerprint density at radius 2 is 1.35 bits per heavy atom. The fourth-order valence-electron chi connectivity index (χ4n) is 5.76. The molecule has 0 atom stereocenters. The fourth-order valence-corrected chi connectivity index (χ4v) is 5.76. The first-order chi connectivity index (χ1) is 19.7. The number of hydrogen-bond acceptors (Lipinski definition) is 4. The smallest absolute Gasteiger partial charge is 0.192 e. The molecule has 40 heavy (non-hydrogen) atoms. The van der Waals surface area contributed by atoms with Crippen LogP contribution in [0.3, 0.4) is 0 Å². The summed E-state index contributed by atoms with van der Waals surface area (Å²) in [5.41, 5.74) is 6.23. The molecule has 0 saturated carbocycles. The first-order valence-electron chi connectivity index (χ1n) is 14.0. The minimum absolute atomic E-state index is 0.534. The topological polar surface area (TPSA) is 48.3 Å². The number of anilines is 1. The third kappa shape index (κ3) is 5.06. The molecule has 0 amide bonds. The van der Waals surface area contributed by atoms with E-state index in [1.165, 1.54) is 16.7 Å². The van der Waals surface area contributed by atoms with E-state index in [1.54, 1.807) is 0 Å². The van der Waals surface area contributed by atoms with Crippen LogP contribution in [0.2, 0.25) is 0 Å². The molecule has 4 aromatic carbocycles. The van der Waals surface area contributed by atoms with E-state index in [0.29, 0.717) is 13.2 Å². The molecular weight excluding hydrogens is 494 g/mol. The van der Waals surface area contributed by atoms with Gasteiger partial charge in [-0.05, 0) is 48.6 Å². The van der Waals surface area contributed by atoms with E-state index in [2.05, 4.69) is 125 Å². The van der Waals surface area contributed by atoms with E-state index >= 15 is 0 Å². The predicted octanol–water partition coefficient (Wildman–Crippen LogP) is 6.99. The second-order valence-electron chi connectivity index (χ2n) is 10.3. The van der Waals surface area contributed by atoms with E-state index in [-0.39, 0.29) is 0 Å². The number of rotatable bonds is 10. The van der Waals surface area contributed by atoms with Gasteiger partial charge in [-0.1, -0.05) is 103 Å². The quantitative estimate of drug-likeness (QED) is 0.157. The lowest BCUT2D eigenvalue weighted by atomic mass is 9.77. The number of ether oxygens (including phenoxy) is 2. The molecule has 5 nitrogen and oxygen atoms in total. The van der Waals surface area contributed by atoms with E-state index in [1.807, 2.05) is 19.3 Å². The highest BCUT2D eigenvalue weighted by Crippen LogP contribution is 2.40. The maximum atomic E-state index is 5.83. The minimum Gasteiger partial charge on any atom is -0.385 e. The highest BCUT2D eigenvalue weighted by molar-refractivity contribution is 5.51. The van der Waals surface area contributed by atoms with E-state index in [0.717, 1.165) is 36.3 Å². The van der Waals surface area contributed by atoms with Crippen LogP contribution in [0.5, 0.6) is 0 Å². The Bertz CT molecular complexity index is 1410. The van der Waals surface area contributed by atoms with Crippen molar-refractivity contribution in [1.29, 1.82) is 0 Å². The van der Waals surface area contributed by atoms with Gasteiger partial charge in [0, 0.05) is 24.0 Å². The Balaban J connectivity index is 1.23. The number of imidazole rings is 1. The van der Waals surface area contributed by atoms with Crippen molar-refractivity contribution >= 4 is 5.69 Å². The summed E-state index contributed by atoms with van der Waals surface area (Å²) in [6.45, 7) is 4.08. The van der Waals surface area contributed by atoms with Gasteiger partial charge >= 0.3 is 0 Å². The standard InChI is InChI=1S/C35H35N3O2/c1-34(39-23-24-40-34)31-19-11-20-32(25-31)36-22-12-21-33-26-38(27-37-33)35(28-13-5-2-6-14-28,29-15-7-3-8-16-29)30-17-9-4-10-18-30/h2-11,13-20,25-27,36H,12,21-24H2,1H3. The molecule has 1 aromatic heterocycles. The molecule has 1 N–H and O–H groups in total. The average Bonchev–Trinajstić information content (AvgIpc) is 3.68. The highest BCUT2D eigenvalue weighted by atomic mass is 16.7. The SMILES string of the molecule is CC1(c2cccc(NCCCc3cn(C(c4ccccc4)(c4ccccc4)c4ccccc4)cn3)c2)OCCO1. The van der Waals surface area contributed by atoms with Gasteiger partial charge in [0.05, 0.1) is 25.2 Å². The molecule has 5 heteroatoms. The normalized spacial score (nSPS) is 14.7. The van der Waals surface area contributed by atoms with Crippen LogP contribution in [0, 0.1) is 0 Å². The maximum Gasteiger partial charge on any atom is 0.192 e. The number of benzene rings is 4. The lowest BCUT2D eigenvalue weighted by Crippen LogP contribution is -2.36. The molecule has 0 unspecified atom stereocenters. The van der Waals surface area contributed by atoms with Gasteiger partial charge < -0.3 is 19.4 Å². The summed E-state index contributed by atoms with van der Waals surface area (Å²) in [4.78, 5) is 4.88. The summed E-state index contributed by atoms with van der Waals surface area (Å²) in [7, 11) is 0. The Morgan fingerprint density at radius 3 is 1.93 bits per heavy atom. The molecule has 5 aromatic rings. The fraction of sp³-hybridized carbons (Fsp3) is 0.229. The molecule has 0 radical (unpaired) electrons. The zero-order chi connectivity index (χ0) is 27.3. The van der Waals surface area contributed by atoms with Crippen LogP contribution in [0.4, 0.5) is 5.69 Å². The Morgan fingerprint density at radius 1 is 0.775 bits per heavy atom. The van der Waals surface area contributed by atoms with E-state index in [4.69, 9.17) is 14.5 Å². The van der Waals surface area contributed by atoms with Crippen LogP contribution in [-0.4, -0.2) is 29.3 Å². The van der Waals surface area contributed by atoms with Crippen LogP contribution in [0.1, 0.15) is 41.3 Å². The van der Waals surface area contributed by atoms with Crippen LogP contribution >= 0.6 is 0 Å². The summed E-state index contributed by atoms with van der Waals surface area (Å²) in [5.74, 6) is -0.659. The minimum atomic E-state index is -0.659. The van der Waals surface area contributed by atoms with Gasteiger partial charge in [0.2, 0.25) is 0 Å². The number of nitrogens with zero attached hydrogens (tertiary/aromatic N) is 2. The molecule has 0 aliphatic carbocycles. The average molecular weight is 530 g/mol. The molecule has 1 aliphatic rings. The molecule has 1 saturated heterocycles. The first-order valence-corrected chi connectivity index (χ1v) is 14.0. The molecule has 1 fully saturated rings. The van der Waals surface area contributed by atoms with Gasteiger partial charge in [-0.25, -0.2) is 4.98 Å². The van der Waals surface area contributed by atoms with E-state index < -0.39 is 11.3 Å². The zero-order valence-electron chi connectivity index (χ0n) is 22.9. The van der Waals surface area contributed by atoms with Crippen LogP contribution in [-0.2, 0) is 27.2 Å². The number of aromatic nitrogens is 2. The van der Waals surface area contributed by atoms with Crippen LogP contribution < -0.4 is 5.32 Å². The lowest BCUT2D eigenvalue weighted by molar-refractivity contribution is -0.149. The molecule has 1 aliphatic heterocycles. The highest BCUT2D eigenvalue weighted by Gasteiger charge is 2.38. The van der Waals surface area contributed by atoms with Gasteiger partial charge in [0.15, 0.2) is 5.79 Å². The van der Waals surface area contributed by atoms with Crippen molar-refractivity contribution in [3.63, 3.8) is 0 Å². The first kappa shape index (κ1) is 26.1. The summed E-state index contributed by atoms with van der Waals surface area (Å²) < 4.78 is 13.9. The van der Waals surface area contributed by atoms with Crippen molar-refractivity contribution in [3.8, 4) is 0 Å². The second kappa shape index (κ2) is 11.5. The van der Waals surface area contributed by atoms with Crippen molar-refractivity contribution < 1.29 is 9.47 Å². The summed E-state index contributed by atoms with van der Waals surface area (Å²) in [6.07, 6.45) is 6.03. The van der Waals surface area contributed by atoms with E-state index in [9.17, 15) is 0 Å². The largest absolute Gasteiger partial charge is 0.385 e. The van der Waals surface area contributed by atoms with Gasteiger partial charge in [-0.15, -0.1) is 0 Å². The molecule has 6 rings (SSSR count). The van der Waals surface area contributed by atoms with Crippen molar-refractivity contribution in [2.24, 2.45) is 0 Å². The molecular formula is C35H35N3O2. The number of hydrogen-bond donors (Lipinski definition) is 1.